The minimum atomic E-state index is -0.0641. The zero-order chi connectivity index (χ0) is 17.6. The molecule has 0 fully saturated rings. The highest BCUT2D eigenvalue weighted by Crippen LogP contribution is 2.15. The quantitative estimate of drug-likeness (QED) is 0.676. The second kappa shape index (κ2) is 7.94. The van der Waals surface area contributed by atoms with Gasteiger partial charge in [-0.2, -0.15) is 5.10 Å². The van der Waals surface area contributed by atoms with E-state index >= 15 is 0 Å². The summed E-state index contributed by atoms with van der Waals surface area (Å²) >= 11 is 5.66. The van der Waals surface area contributed by atoms with Crippen LogP contribution in [0.5, 0.6) is 0 Å². The average Bonchev–Trinajstić information content (AvgIpc) is 3.23. The Bertz CT molecular complexity index is 841. The number of nitrogens with zero attached hydrogens (tertiary/aromatic N) is 3. The van der Waals surface area contributed by atoms with Crippen LogP contribution in [0.15, 0.2) is 34.9 Å². The maximum absolute atomic E-state index is 11.8. The molecule has 8 heteroatoms. The van der Waals surface area contributed by atoms with E-state index in [-0.39, 0.29) is 5.91 Å². The van der Waals surface area contributed by atoms with E-state index in [4.69, 9.17) is 16.1 Å². The molecule has 0 aliphatic heterocycles. The first kappa shape index (κ1) is 17.2. The predicted molar refractivity (Wildman–Crippen MR) is 93.1 cm³/mol. The highest BCUT2D eigenvalue weighted by Gasteiger charge is 2.08. The third-order valence-corrected chi connectivity index (χ3v) is 3.83. The SMILES string of the molecule is Cc1ccc(-c2n[nH]c(CCNC(=O)CCc3cc(Cl)no3)n2)cc1. The number of halogens is 1. The van der Waals surface area contributed by atoms with E-state index in [1.807, 2.05) is 31.2 Å². The summed E-state index contributed by atoms with van der Waals surface area (Å²) in [5.41, 5.74) is 2.15. The van der Waals surface area contributed by atoms with Gasteiger partial charge in [0, 0.05) is 37.4 Å². The van der Waals surface area contributed by atoms with Gasteiger partial charge in [-0.15, -0.1) is 0 Å². The summed E-state index contributed by atoms with van der Waals surface area (Å²) in [4.78, 5) is 16.3. The molecule has 25 heavy (non-hydrogen) atoms. The molecule has 0 aliphatic carbocycles. The van der Waals surface area contributed by atoms with Gasteiger partial charge < -0.3 is 9.84 Å². The molecular weight excluding hydrogens is 342 g/mol. The number of aromatic nitrogens is 4. The molecule has 2 N–H and O–H groups in total. The van der Waals surface area contributed by atoms with Gasteiger partial charge in [-0.25, -0.2) is 4.98 Å². The second-order valence-corrected chi connectivity index (χ2v) is 6.07. The van der Waals surface area contributed by atoms with Crippen molar-refractivity contribution in [2.24, 2.45) is 0 Å². The Morgan fingerprint density at radius 1 is 1.28 bits per heavy atom. The van der Waals surface area contributed by atoms with Crippen LogP contribution >= 0.6 is 11.6 Å². The molecule has 0 spiro atoms. The van der Waals surface area contributed by atoms with Gasteiger partial charge in [-0.3, -0.25) is 9.89 Å². The molecule has 0 saturated carbocycles. The van der Waals surface area contributed by atoms with Gasteiger partial charge in [0.2, 0.25) is 5.91 Å². The minimum Gasteiger partial charge on any atom is -0.360 e. The van der Waals surface area contributed by atoms with Crippen LogP contribution in [0, 0.1) is 6.92 Å². The number of hydrogen-bond acceptors (Lipinski definition) is 5. The van der Waals surface area contributed by atoms with Crippen molar-refractivity contribution in [1.29, 1.82) is 0 Å². The van der Waals surface area contributed by atoms with Gasteiger partial charge in [-0.05, 0) is 6.92 Å². The Kier molecular flexibility index (Phi) is 5.45. The van der Waals surface area contributed by atoms with Crippen molar-refractivity contribution in [3.63, 3.8) is 0 Å². The fraction of sp³-hybridized carbons (Fsp3) is 0.294. The molecule has 3 rings (SSSR count). The number of benzene rings is 1. The summed E-state index contributed by atoms with van der Waals surface area (Å²) in [5, 5.41) is 13.8. The molecule has 0 radical (unpaired) electrons. The van der Waals surface area contributed by atoms with Gasteiger partial charge in [0.15, 0.2) is 11.0 Å². The largest absolute Gasteiger partial charge is 0.360 e. The Hall–Kier alpha value is -2.67. The first-order chi connectivity index (χ1) is 12.1. The van der Waals surface area contributed by atoms with Crippen LogP contribution in [0.3, 0.4) is 0 Å². The molecule has 0 bridgehead atoms. The number of H-pyrrole nitrogens is 1. The highest BCUT2D eigenvalue weighted by molar-refractivity contribution is 6.29. The Morgan fingerprint density at radius 2 is 2.08 bits per heavy atom. The van der Waals surface area contributed by atoms with E-state index in [1.165, 1.54) is 5.56 Å². The number of aromatic amines is 1. The van der Waals surface area contributed by atoms with Crippen LogP contribution in [0.2, 0.25) is 5.15 Å². The predicted octanol–water partition coefficient (Wildman–Crippen LogP) is 2.71. The third-order valence-electron chi connectivity index (χ3n) is 3.65. The lowest BCUT2D eigenvalue weighted by molar-refractivity contribution is -0.121. The van der Waals surface area contributed by atoms with Gasteiger partial charge >= 0.3 is 0 Å². The van der Waals surface area contributed by atoms with Gasteiger partial charge in [-0.1, -0.05) is 46.6 Å². The van der Waals surface area contributed by atoms with Crippen LogP contribution in [0.1, 0.15) is 23.6 Å². The van der Waals surface area contributed by atoms with Crippen molar-refractivity contribution >= 4 is 17.5 Å². The molecule has 2 heterocycles. The van der Waals surface area contributed by atoms with E-state index in [9.17, 15) is 4.79 Å². The molecule has 130 valence electrons. The van der Waals surface area contributed by atoms with E-state index in [1.54, 1.807) is 6.07 Å². The maximum atomic E-state index is 11.8. The van der Waals surface area contributed by atoms with Crippen LogP contribution in [0.4, 0.5) is 0 Å². The zero-order valence-corrected chi connectivity index (χ0v) is 14.5. The Balaban J connectivity index is 1.43. The highest BCUT2D eigenvalue weighted by atomic mass is 35.5. The molecule has 0 saturated heterocycles. The number of nitrogens with one attached hydrogen (secondary N) is 2. The number of hydrogen-bond donors (Lipinski definition) is 2. The van der Waals surface area contributed by atoms with Crippen LogP contribution < -0.4 is 5.32 Å². The number of amides is 1. The lowest BCUT2D eigenvalue weighted by atomic mass is 10.1. The summed E-state index contributed by atoms with van der Waals surface area (Å²) in [7, 11) is 0. The zero-order valence-electron chi connectivity index (χ0n) is 13.8. The molecule has 1 amide bonds. The average molecular weight is 360 g/mol. The van der Waals surface area contributed by atoms with Crippen molar-refractivity contribution in [2.75, 3.05) is 6.54 Å². The molecule has 7 nitrogen and oxygen atoms in total. The smallest absolute Gasteiger partial charge is 0.220 e. The van der Waals surface area contributed by atoms with E-state index in [0.717, 1.165) is 11.4 Å². The van der Waals surface area contributed by atoms with Gasteiger partial charge in [0.05, 0.1) is 0 Å². The van der Waals surface area contributed by atoms with Crippen LogP contribution in [0.25, 0.3) is 11.4 Å². The Labute approximate surface area is 149 Å². The molecular formula is C17H18ClN5O2. The van der Waals surface area contributed by atoms with Crippen molar-refractivity contribution in [1.82, 2.24) is 25.7 Å². The van der Waals surface area contributed by atoms with Gasteiger partial charge in [0.1, 0.15) is 11.6 Å². The standard InChI is InChI=1S/C17H18ClN5O2/c1-11-2-4-12(5-3-11)17-20-15(21-22-17)8-9-19-16(24)7-6-13-10-14(18)23-25-13/h2-5,10H,6-9H2,1H3,(H,19,24)(H,20,21,22). The van der Waals surface area contributed by atoms with Crippen LogP contribution in [-0.4, -0.2) is 32.8 Å². The van der Waals surface area contributed by atoms with E-state index < -0.39 is 0 Å². The molecule has 2 aromatic heterocycles. The van der Waals surface area contributed by atoms with Crippen molar-refractivity contribution in [3.8, 4) is 11.4 Å². The van der Waals surface area contributed by atoms with Crippen molar-refractivity contribution < 1.29 is 9.32 Å². The topological polar surface area (TPSA) is 96.7 Å². The normalized spacial score (nSPS) is 10.8. The van der Waals surface area contributed by atoms with Crippen molar-refractivity contribution in [2.45, 2.75) is 26.2 Å². The minimum absolute atomic E-state index is 0.0641. The molecule has 3 aromatic rings. The first-order valence-electron chi connectivity index (χ1n) is 7.96. The fourth-order valence-corrected chi connectivity index (χ4v) is 2.45. The lowest BCUT2D eigenvalue weighted by Gasteiger charge is -2.02. The van der Waals surface area contributed by atoms with E-state index in [0.29, 0.717) is 42.5 Å². The fourth-order valence-electron chi connectivity index (χ4n) is 2.29. The molecule has 1 aromatic carbocycles. The second-order valence-electron chi connectivity index (χ2n) is 5.69. The number of carbonyl (C=O) groups excluding carboxylic acids is 1. The number of aryl methyl sites for hydroxylation is 2. The molecule has 0 aliphatic rings. The van der Waals surface area contributed by atoms with Crippen LogP contribution in [-0.2, 0) is 17.6 Å². The maximum Gasteiger partial charge on any atom is 0.220 e. The summed E-state index contributed by atoms with van der Waals surface area (Å²) < 4.78 is 4.96. The Morgan fingerprint density at radius 3 is 2.80 bits per heavy atom. The number of rotatable bonds is 7. The monoisotopic (exact) mass is 359 g/mol. The van der Waals surface area contributed by atoms with Crippen molar-refractivity contribution in [3.05, 3.63) is 52.6 Å². The molecule has 0 unspecified atom stereocenters. The summed E-state index contributed by atoms with van der Waals surface area (Å²) in [5.74, 6) is 1.92. The summed E-state index contributed by atoms with van der Waals surface area (Å²) in [6.07, 6.45) is 1.36. The third kappa shape index (κ3) is 4.90. The van der Waals surface area contributed by atoms with E-state index in [2.05, 4.69) is 25.7 Å². The lowest BCUT2D eigenvalue weighted by Crippen LogP contribution is -2.26. The summed E-state index contributed by atoms with van der Waals surface area (Å²) in [6, 6.07) is 9.62. The summed E-state index contributed by atoms with van der Waals surface area (Å²) in [6.45, 7) is 2.52. The first-order valence-corrected chi connectivity index (χ1v) is 8.34. The van der Waals surface area contributed by atoms with Gasteiger partial charge in [0.25, 0.3) is 0 Å². The number of carbonyl (C=O) groups is 1. The molecule has 0 atom stereocenters.